The van der Waals surface area contributed by atoms with E-state index >= 15 is 0 Å². The minimum atomic E-state index is 0.238. The Labute approximate surface area is 128 Å². The van der Waals surface area contributed by atoms with Gasteiger partial charge in [0, 0.05) is 22.3 Å². The summed E-state index contributed by atoms with van der Waals surface area (Å²) in [6, 6.07) is 16.8. The van der Waals surface area contributed by atoms with E-state index in [4.69, 9.17) is 11.6 Å². The van der Waals surface area contributed by atoms with Gasteiger partial charge in [0.15, 0.2) is 0 Å². The van der Waals surface area contributed by atoms with Crippen LogP contribution in [0.25, 0.3) is 10.1 Å². The van der Waals surface area contributed by atoms with E-state index in [1.807, 2.05) is 18.2 Å². The first-order valence-electron chi connectivity index (χ1n) is 6.68. The summed E-state index contributed by atoms with van der Waals surface area (Å²) >= 11 is 8.04. The zero-order chi connectivity index (χ0) is 13.9. The second kappa shape index (κ2) is 5.96. The van der Waals surface area contributed by atoms with Crippen molar-refractivity contribution in [3.63, 3.8) is 0 Å². The Balaban J connectivity index is 1.75. The van der Waals surface area contributed by atoms with Crippen molar-refractivity contribution in [3.8, 4) is 0 Å². The molecule has 3 rings (SSSR count). The van der Waals surface area contributed by atoms with Crippen molar-refractivity contribution in [1.29, 1.82) is 0 Å². The molecule has 1 nitrogen and oxygen atoms in total. The van der Waals surface area contributed by atoms with Crippen LogP contribution in [0.4, 0.5) is 0 Å². The lowest BCUT2D eigenvalue weighted by atomic mass is 10.1. The van der Waals surface area contributed by atoms with Gasteiger partial charge in [0.2, 0.25) is 0 Å². The molecule has 2 aromatic carbocycles. The van der Waals surface area contributed by atoms with Crippen molar-refractivity contribution in [3.05, 3.63) is 70.1 Å². The Morgan fingerprint density at radius 2 is 1.85 bits per heavy atom. The van der Waals surface area contributed by atoms with Crippen LogP contribution in [-0.4, -0.2) is 0 Å². The van der Waals surface area contributed by atoms with Gasteiger partial charge in [0.25, 0.3) is 0 Å². The zero-order valence-electron chi connectivity index (χ0n) is 11.3. The van der Waals surface area contributed by atoms with Gasteiger partial charge in [0.1, 0.15) is 0 Å². The van der Waals surface area contributed by atoms with Gasteiger partial charge >= 0.3 is 0 Å². The first-order chi connectivity index (χ1) is 9.75. The molecule has 1 N–H and O–H groups in total. The van der Waals surface area contributed by atoms with Gasteiger partial charge in [-0.25, -0.2) is 0 Å². The van der Waals surface area contributed by atoms with Crippen molar-refractivity contribution < 1.29 is 0 Å². The van der Waals surface area contributed by atoms with Crippen LogP contribution in [0.15, 0.2) is 53.9 Å². The van der Waals surface area contributed by atoms with E-state index in [0.29, 0.717) is 0 Å². The van der Waals surface area contributed by atoms with E-state index < -0.39 is 0 Å². The molecule has 0 bridgehead atoms. The molecular formula is C17H16ClNS. The van der Waals surface area contributed by atoms with Crippen molar-refractivity contribution in [2.24, 2.45) is 0 Å². The van der Waals surface area contributed by atoms with E-state index in [2.05, 4.69) is 48.0 Å². The smallest absolute Gasteiger partial charge is 0.0453 e. The van der Waals surface area contributed by atoms with E-state index in [1.165, 1.54) is 15.6 Å². The third-order valence-corrected chi connectivity index (χ3v) is 4.89. The SMILES string of the molecule is CC(NCc1csc2ccccc12)c1ccccc1Cl. The van der Waals surface area contributed by atoms with Crippen LogP contribution < -0.4 is 5.32 Å². The van der Waals surface area contributed by atoms with E-state index in [0.717, 1.165) is 17.1 Å². The van der Waals surface area contributed by atoms with Crippen LogP contribution in [0.3, 0.4) is 0 Å². The molecule has 0 saturated carbocycles. The quantitative estimate of drug-likeness (QED) is 0.680. The Kier molecular flexibility index (Phi) is 4.06. The summed E-state index contributed by atoms with van der Waals surface area (Å²) in [4.78, 5) is 0. The predicted octanol–water partition coefficient (Wildman–Crippen LogP) is 5.41. The van der Waals surface area contributed by atoms with Gasteiger partial charge in [-0.05, 0) is 40.9 Å². The molecule has 3 aromatic rings. The van der Waals surface area contributed by atoms with Crippen LogP contribution in [0.2, 0.25) is 5.02 Å². The highest BCUT2D eigenvalue weighted by Gasteiger charge is 2.10. The molecular weight excluding hydrogens is 286 g/mol. The fraction of sp³-hybridized carbons (Fsp3) is 0.176. The normalized spacial score (nSPS) is 12.7. The maximum absolute atomic E-state index is 6.24. The maximum Gasteiger partial charge on any atom is 0.0453 e. The fourth-order valence-corrected chi connectivity index (χ4v) is 3.63. The van der Waals surface area contributed by atoms with Crippen molar-refractivity contribution >= 4 is 33.0 Å². The van der Waals surface area contributed by atoms with Crippen LogP contribution >= 0.6 is 22.9 Å². The van der Waals surface area contributed by atoms with Crippen molar-refractivity contribution in [2.45, 2.75) is 19.5 Å². The van der Waals surface area contributed by atoms with Gasteiger partial charge in [-0.3, -0.25) is 0 Å². The maximum atomic E-state index is 6.24. The summed E-state index contributed by atoms with van der Waals surface area (Å²) in [7, 11) is 0. The van der Waals surface area contributed by atoms with Crippen LogP contribution in [0.5, 0.6) is 0 Å². The van der Waals surface area contributed by atoms with Crippen molar-refractivity contribution in [2.75, 3.05) is 0 Å². The highest BCUT2D eigenvalue weighted by molar-refractivity contribution is 7.17. The molecule has 3 heteroatoms. The molecule has 1 unspecified atom stereocenters. The summed E-state index contributed by atoms with van der Waals surface area (Å²) in [5.74, 6) is 0. The highest BCUT2D eigenvalue weighted by Crippen LogP contribution is 2.27. The van der Waals surface area contributed by atoms with Gasteiger partial charge in [0.05, 0.1) is 0 Å². The summed E-state index contributed by atoms with van der Waals surface area (Å²) in [6.45, 7) is 3.01. The Hall–Kier alpha value is -1.35. The molecule has 0 amide bonds. The van der Waals surface area contributed by atoms with Crippen LogP contribution in [-0.2, 0) is 6.54 Å². The summed E-state index contributed by atoms with van der Waals surface area (Å²) in [5, 5.41) is 7.96. The number of benzene rings is 2. The monoisotopic (exact) mass is 301 g/mol. The second-order valence-electron chi connectivity index (χ2n) is 4.88. The Bertz CT molecular complexity index is 720. The number of fused-ring (bicyclic) bond motifs is 1. The molecule has 1 aromatic heterocycles. The average molecular weight is 302 g/mol. The van der Waals surface area contributed by atoms with Gasteiger partial charge in [-0.1, -0.05) is 48.0 Å². The molecule has 20 heavy (non-hydrogen) atoms. The average Bonchev–Trinajstić information content (AvgIpc) is 2.88. The minimum Gasteiger partial charge on any atom is -0.306 e. The van der Waals surface area contributed by atoms with Gasteiger partial charge < -0.3 is 5.32 Å². The predicted molar refractivity (Wildman–Crippen MR) is 88.5 cm³/mol. The molecule has 0 spiro atoms. The summed E-state index contributed by atoms with van der Waals surface area (Å²) in [5.41, 5.74) is 2.50. The number of thiophene rings is 1. The molecule has 1 atom stereocenters. The number of halogens is 1. The first kappa shape index (κ1) is 13.6. The lowest BCUT2D eigenvalue weighted by Gasteiger charge is -2.15. The topological polar surface area (TPSA) is 12.0 Å². The molecule has 0 radical (unpaired) electrons. The molecule has 0 aliphatic carbocycles. The Morgan fingerprint density at radius 1 is 1.10 bits per heavy atom. The number of rotatable bonds is 4. The molecule has 0 fully saturated rings. The zero-order valence-corrected chi connectivity index (χ0v) is 12.8. The molecule has 0 saturated heterocycles. The molecule has 1 heterocycles. The summed E-state index contributed by atoms with van der Waals surface area (Å²) < 4.78 is 1.34. The Morgan fingerprint density at radius 3 is 2.70 bits per heavy atom. The largest absolute Gasteiger partial charge is 0.306 e. The van der Waals surface area contributed by atoms with Gasteiger partial charge in [-0.15, -0.1) is 11.3 Å². The lowest BCUT2D eigenvalue weighted by molar-refractivity contribution is 0.577. The number of hydrogen-bond acceptors (Lipinski definition) is 2. The molecule has 0 aliphatic heterocycles. The lowest BCUT2D eigenvalue weighted by Crippen LogP contribution is -2.18. The number of hydrogen-bond donors (Lipinski definition) is 1. The molecule has 102 valence electrons. The highest BCUT2D eigenvalue weighted by atomic mass is 35.5. The van der Waals surface area contributed by atoms with E-state index in [-0.39, 0.29) is 6.04 Å². The standard InChI is InChI=1S/C17H16ClNS/c1-12(14-6-2-4-8-16(14)18)19-10-13-11-20-17-9-5-3-7-15(13)17/h2-9,11-12,19H,10H2,1H3. The van der Waals surface area contributed by atoms with Crippen LogP contribution in [0, 0.1) is 0 Å². The third-order valence-electron chi connectivity index (χ3n) is 3.53. The van der Waals surface area contributed by atoms with E-state index in [9.17, 15) is 0 Å². The molecule has 0 aliphatic rings. The third kappa shape index (κ3) is 2.73. The summed E-state index contributed by atoms with van der Waals surface area (Å²) in [6.07, 6.45) is 0. The van der Waals surface area contributed by atoms with Crippen molar-refractivity contribution in [1.82, 2.24) is 5.32 Å². The second-order valence-corrected chi connectivity index (χ2v) is 6.20. The fourth-order valence-electron chi connectivity index (χ4n) is 2.37. The minimum absolute atomic E-state index is 0.238. The number of nitrogens with one attached hydrogen (secondary N) is 1. The first-order valence-corrected chi connectivity index (χ1v) is 7.94. The van der Waals surface area contributed by atoms with E-state index in [1.54, 1.807) is 11.3 Å². The van der Waals surface area contributed by atoms with Crippen LogP contribution in [0.1, 0.15) is 24.1 Å². The van der Waals surface area contributed by atoms with Gasteiger partial charge in [-0.2, -0.15) is 0 Å².